The summed E-state index contributed by atoms with van der Waals surface area (Å²) in [4.78, 5) is 0. The van der Waals surface area contributed by atoms with Crippen LogP contribution in [0.25, 0.3) is 0 Å². The highest BCUT2D eigenvalue weighted by molar-refractivity contribution is 14.1. The van der Waals surface area contributed by atoms with Gasteiger partial charge in [0.15, 0.2) is 0 Å². The predicted molar refractivity (Wildman–Crippen MR) is 57.9 cm³/mol. The molecule has 0 saturated carbocycles. The van der Waals surface area contributed by atoms with E-state index in [1.165, 1.54) is 0 Å². The quantitative estimate of drug-likeness (QED) is 0.465. The second-order valence-corrected chi connectivity index (χ2v) is 4.14. The van der Waals surface area contributed by atoms with Crippen LogP contribution in [0.1, 0.15) is 5.56 Å². The van der Waals surface area contributed by atoms with Crippen LogP contribution < -0.4 is 5.73 Å². The Balaban J connectivity index is 3.23. The lowest BCUT2D eigenvalue weighted by Crippen LogP contribution is -2.11. The fraction of sp³-hybridized carbons (Fsp3) is 0. The summed E-state index contributed by atoms with van der Waals surface area (Å²) in [6, 6.07) is 5.71. The molecule has 1 rings (SSSR count). The molecule has 0 heterocycles. The second-order valence-electron chi connectivity index (χ2n) is 2.04. The molecule has 0 spiro atoms. The van der Waals surface area contributed by atoms with Gasteiger partial charge in [0.1, 0.15) is 5.84 Å². The minimum atomic E-state index is 0.0930. The number of rotatable bonds is 1. The molecule has 1 aromatic rings. The predicted octanol–water partition coefficient (Wildman–Crippen LogP) is 2.34. The lowest BCUT2D eigenvalue weighted by Gasteiger charge is -2.01. The van der Waals surface area contributed by atoms with Gasteiger partial charge < -0.3 is 5.73 Å². The van der Waals surface area contributed by atoms with Crippen LogP contribution in [0.15, 0.2) is 22.7 Å². The van der Waals surface area contributed by atoms with E-state index in [1.807, 2.05) is 18.2 Å². The smallest absolute Gasteiger partial charge is 0.123 e. The summed E-state index contributed by atoms with van der Waals surface area (Å²) >= 11 is 5.49. The highest BCUT2D eigenvalue weighted by Crippen LogP contribution is 2.18. The first-order valence-electron chi connectivity index (χ1n) is 2.90. The highest BCUT2D eigenvalue weighted by Gasteiger charge is 2.01. The third-order valence-corrected chi connectivity index (χ3v) is 2.58. The number of halogens is 2. The topological polar surface area (TPSA) is 49.9 Å². The van der Waals surface area contributed by atoms with Gasteiger partial charge in [0, 0.05) is 13.6 Å². The first-order valence-corrected chi connectivity index (χ1v) is 4.78. The maximum absolute atomic E-state index is 7.22. The molecule has 4 heteroatoms. The van der Waals surface area contributed by atoms with E-state index < -0.39 is 0 Å². The van der Waals surface area contributed by atoms with Gasteiger partial charge in [-0.25, -0.2) is 0 Å². The molecule has 0 fully saturated rings. The Bertz CT molecular complexity index is 298. The summed E-state index contributed by atoms with van der Waals surface area (Å²) in [6.45, 7) is 0. The van der Waals surface area contributed by atoms with Crippen LogP contribution >= 0.6 is 38.5 Å². The number of nitrogens with two attached hydrogens (primary N) is 1. The van der Waals surface area contributed by atoms with Crippen molar-refractivity contribution in [3.63, 3.8) is 0 Å². The van der Waals surface area contributed by atoms with E-state index >= 15 is 0 Å². The Morgan fingerprint density at radius 1 is 1.55 bits per heavy atom. The van der Waals surface area contributed by atoms with Crippen LogP contribution in [-0.2, 0) is 0 Å². The maximum Gasteiger partial charge on any atom is 0.123 e. The molecule has 0 aliphatic rings. The Kier molecular flexibility index (Phi) is 2.89. The summed E-state index contributed by atoms with van der Waals surface area (Å²) < 4.78 is 1.95. The third-order valence-electron chi connectivity index (χ3n) is 1.22. The normalized spacial score (nSPS) is 9.64. The van der Waals surface area contributed by atoms with Crippen LogP contribution in [0.5, 0.6) is 0 Å². The molecular weight excluding hydrogens is 319 g/mol. The largest absolute Gasteiger partial charge is 0.384 e. The Morgan fingerprint density at radius 3 is 2.64 bits per heavy atom. The zero-order valence-electron chi connectivity index (χ0n) is 5.57. The summed E-state index contributed by atoms with van der Waals surface area (Å²) in [5, 5.41) is 7.22. The number of nitrogens with one attached hydrogen (secondary N) is 1. The van der Waals surface area contributed by atoms with E-state index in [0.717, 1.165) is 13.6 Å². The standard InChI is InChI=1S/C7H6BrIN2/c8-6-2-1-4(9)3-5(6)7(10)11/h1-3H,(H3,10,11). The van der Waals surface area contributed by atoms with Gasteiger partial charge in [-0.05, 0) is 40.8 Å². The first-order chi connectivity index (χ1) is 5.11. The summed E-state index contributed by atoms with van der Waals surface area (Å²) in [5.74, 6) is 0.0930. The summed E-state index contributed by atoms with van der Waals surface area (Å²) in [6.07, 6.45) is 0. The molecule has 0 unspecified atom stereocenters. The van der Waals surface area contributed by atoms with E-state index in [2.05, 4.69) is 38.5 Å². The van der Waals surface area contributed by atoms with Crippen molar-refractivity contribution in [3.05, 3.63) is 31.8 Å². The van der Waals surface area contributed by atoms with Crippen LogP contribution in [0.2, 0.25) is 0 Å². The van der Waals surface area contributed by atoms with Crippen molar-refractivity contribution in [1.29, 1.82) is 5.41 Å². The van der Waals surface area contributed by atoms with Crippen molar-refractivity contribution in [2.24, 2.45) is 5.73 Å². The minimum Gasteiger partial charge on any atom is -0.384 e. The lowest BCUT2D eigenvalue weighted by atomic mass is 10.2. The van der Waals surface area contributed by atoms with Gasteiger partial charge in [-0.15, -0.1) is 0 Å². The zero-order valence-corrected chi connectivity index (χ0v) is 9.31. The molecule has 0 amide bonds. The molecule has 0 aliphatic carbocycles. The molecule has 11 heavy (non-hydrogen) atoms. The van der Waals surface area contributed by atoms with Crippen molar-refractivity contribution in [2.45, 2.75) is 0 Å². The molecule has 0 bridgehead atoms. The van der Waals surface area contributed by atoms with Crippen LogP contribution in [0.4, 0.5) is 0 Å². The summed E-state index contributed by atoms with van der Waals surface area (Å²) in [7, 11) is 0. The van der Waals surface area contributed by atoms with E-state index in [0.29, 0.717) is 0 Å². The first kappa shape index (κ1) is 8.99. The Labute approximate surface area is 87.0 Å². The average Bonchev–Trinajstić information content (AvgIpc) is 1.94. The fourth-order valence-electron chi connectivity index (χ4n) is 0.704. The summed E-state index contributed by atoms with van der Waals surface area (Å²) in [5.41, 5.74) is 6.08. The second kappa shape index (κ2) is 3.53. The van der Waals surface area contributed by atoms with Gasteiger partial charge in [-0.3, -0.25) is 5.41 Å². The molecule has 3 N–H and O–H groups in total. The van der Waals surface area contributed by atoms with Gasteiger partial charge in [-0.2, -0.15) is 0 Å². The van der Waals surface area contributed by atoms with E-state index in [9.17, 15) is 0 Å². The lowest BCUT2D eigenvalue weighted by molar-refractivity contribution is 1.40. The molecule has 58 valence electrons. The van der Waals surface area contributed by atoms with E-state index in [1.54, 1.807) is 0 Å². The van der Waals surface area contributed by atoms with Crippen molar-refractivity contribution < 1.29 is 0 Å². The van der Waals surface area contributed by atoms with Crippen molar-refractivity contribution in [2.75, 3.05) is 0 Å². The van der Waals surface area contributed by atoms with Gasteiger partial charge in [0.25, 0.3) is 0 Å². The minimum absolute atomic E-state index is 0.0930. The van der Waals surface area contributed by atoms with Gasteiger partial charge >= 0.3 is 0 Å². The van der Waals surface area contributed by atoms with Gasteiger partial charge in [0.2, 0.25) is 0 Å². The van der Waals surface area contributed by atoms with Crippen LogP contribution in [-0.4, -0.2) is 5.84 Å². The molecule has 0 atom stereocenters. The molecule has 0 saturated heterocycles. The molecule has 0 aromatic heterocycles. The Hall–Kier alpha value is -0.100. The molecule has 0 radical (unpaired) electrons. The van der Waals surface area contributed by atoms with Crippen molar-refractivity contribution in [3.8, 4) is 0 Å². The van der Waals surface area contributed by atoms with Crippen LogP contribution in [0.3, 0.4) is 0 Å². The SMILES string of the molecule is N=C(N)c1cc(I)ccc1Br. The number of nitrogen functional groups attached to an aromatic ring is 1. The monoisotopic (exact) mass is 324 g/mol. The van der Waals surface area contributed by atoms with Gasteiger partial charge in [-0.1, -0.05) is 15.9 Å². The average molecular weight is 325 g/mol. The molecule has 1 aromatic carbocycles. The van der Waals surface area contributed by atoms with Crippen molar-refractivity contribution in [1.82, 2.24) is 0 Å². The fourth-order valence-corrected chi connectivity index (χ4v) is 1.66. The number of hydrogen-bond donors (Lipinski definition) is 2. The molecule has 0 aliphatic heterocycles. The molecule has 2 nitrogen and oxygen atoms in total. The third kappa shape index (κ3) is 2.16. The molecular formula is C7H6BrIN2. The Morgan fingerprint density at radius 2 is 2.18 bits per heavy atom. The maximum atomic E-state index is 7.22. The highest BCUT2D eigenvalue weighted by atomic mass is 127. The van der Waals surface area contributed by atoms with Gasteiger partial charge in [0.05, 0.1) is 0 Å². The van der Waals surface area contributed by atoms with Crippen molar-refractivity contribution >= 4 is 44.4 Å². The van der Waals surface area contributed by atoms with Crippen LogP contribution in [0, 0.1) is 8.98 Å². The van der Waals surface area contributed by atoms with E-state index in [-0.39, 0.29) is 5.84 Å². The van der Waals surface area contributed by atoms with E-state index in [4.69, 9.17) is 11.1 Å². The number of benzene rings is 1. The number of amidine groups is 1. The zero-order chi connectivity index (χ0) is 8.43. The number of hydrogen-bond acceptors (Lipinski definition) is 1.